The molecule has 0 spiro atoms. The largest absolute Gasteiger partial charge is 0.491 e. The summed E-state index contributed by atoms with van der Waals surface area (Å²) < 4.78 is 45.6. The van der Waals surface area contributed by atoms with Crippen molar-refractivity contribution in [3.8, 4) is 5.75 Å². The molecule has 0 heterocycles. The number of alkyl halides is 3. The summed E-state index contributed by atoms with van der Waals surface area (Å²) in [6.07, 6.45) is -2.92. The van der Waals surface area contributed by atoms with E-state index in [9.17, 15) is 13.2 Å². The van der Waals surface area contributed by atoms with Gasteiger partial charge in [0, 0.05) is 11.1 Å². The topological polar surface area (TPSA) is 44.5 Å². The number of rotatable bonds is 8. The molecule has 0 radical (unpaired) electrons. The lowest BCUT2D eigenvalue weighted by Gasteiger charge is -2.15. The van der Waals surface area contributed by atoms with Crippen LogP contribution in [0.4, 0.5) is 13.2 Å². The number of benzene rings is 1. The Kier molecular flexibility index (Phi) is 7.28. The van der Waals surface area contributed by atoms with Crippen LogP contribution in [-0.4, -0.2) is 32.0 Å². The molecule has 0 aliphatic carbocycles. The molecule has 1 unspecified atom stereocenters. The predicted molar refractivity (Wildman–Crippen MR) is 75.8 cm³/mol. The highest BCUT2D eigenvalue weighted by atomic mass is 35.5. The molecule has 0 saturated carbocycles. The zero-order valence-electron chi connectivity index (χ0n) is 11.8. The highest BCUT2D eigenvalue weighted by molar-refractivity contribution is 6.30. The molecule has 1 atom stereocenters. The maximum Gasteiger partial charge on any atom is 0.411 e. The fourth-order valence-corrected chi connectivity index (χ4v) is 1.87. The lowest BCUT2D eigenvalue weighted by molar-refractivity contribution is -0.175. The van der Waals surface area contributed by atoms with E-state index < -0.39 is 12.8 Å². The monoisotopic (exact) mass is 325 g/mol. The second-order valence-corrected chi connectivity index (χ2v) is 5.08. The minimum Gasteiger partial charge on any atom is -0.491 e. The van der Waals surface area contributed by atoms with Crippen molar-refractivity contribution in [3.05, 3.63) is 28.8 Å². The first kappa shape index (κ1) is 18.1. The van der Waals surface area contributed by atoms with Gasteiger partial charge in [-0.15, -0.1) is 0 Å². The Bertz CT molecular complexity index is 441. The first-order chi connectivity index (χ1) is 9.81. The minimum absolute atomic E-state index is 0.0210. The van der Waals surface area contributed by atoms with E-state index in [1.54, 1.807) is 18.2 Å². The Labute approximate surface area is 127 Å². The van der Waals surface area contributed by atoms with Gasteiger partial charge in [-0.2, -0.15) is 13.2 Å². The van der Waals surface area contributed by atoms with Crippen LogP contribution >= 0.6 is 11.6 Å². The number of hydrogen-bond donors (Lipinski definition) is 1. The van der Waals surface area contributed by atoms with Gasteiger partial charge in [0.25, 0.3) is 0 Å². The van der Waals surface area contributed by atoms with Gasteiger partial charge in [-0.25, -0.2) is 0 Å². The molecular weight excluding hydrogens is 307 g/mol. The number of halogens is 4. The Morgan fingerprint density at radius 1 is 1.29 bits per heavy atom. The summed E-state index contributed by atoms with van der Waals surface area (Å²) in [7, 11) is 0. The lowest BCUT2D eigenvalue weighted by Crippen LogP contribution is -2.22. The molecule has 120 valence electrons. The summed E-state index contributed by atoms with van der Waals surface area (Å²) in [5.74, 6) is 0.568. The van der Waals surface area contributed by atoms with E-state index in [2.05, 4.69) is 4.74 Å². The predicted octanol–water partition coefficient (Wildman–Crippen LogP) is 3.58. The molecule has 1 rings (SSSR count). The van der Waals surface area contributed by atoms with Crippen molar-refractivity contribution in [2.45, 2.75) is 32.0 Å². The molecule has 0 bridgehead atoms. The first-order valence-electron chi connectivity index (χ1n) is 6.63. The van der Waals surface area contributed by atoms with Crippen LogP contribution in [0.2, 0.25) is 5.02 Å². The lowest BCUT2D eigenvalue weighted by atomic mass is 10.0. The smallest absolute Gasteiger partial charge is 0.411 e. The first-order valence-corrected chi connectivity index (χ1v) is 7.01. The molecule has 0 aliphatic rings. The molecule has 3 nitrogen and oxygen atoms in total. The summed E-state index contributed by atoms with van der Waals surface area (Å²) in [6.45, 7) is 0.596. The molecule has 0 amide bonds. The van der Waals surface area contributed by atoms with E-state index in [1.165, 1.54) is 0 Å². The quantitative estimate of drug-likeness (QED) is 0.743. The highest BCUT2D eigenvalue weighted by Gasteiger charge is 2.27. The van der Waals surface area contributed by atoms with Crippen LogP contribution in [-0.2, 0) is 11.2 Å². The zero-order valence-corrected chi connectivity index (χ0v) is 12.5. The summed E-state index contributed by atoms with van der Waals surface area (Å²) >= 11 is 5.93. The molecule has 1 aromatic rings. The van der Waals surface area contributed by atoms with Crippen molar-refractivity contribution >= 4 is 11.6 Å². The molecule has 2 N–H and O–H groups in total. The van der Waals surface area contributed by atoms with Crippen LogP contribution < -0.4 is 10.5 Å². The molecular formula is C14H19ClF3NO2. The second kappa shape index (κ2) is 8.46. The van der Waals surface area contributed by atoms with Crippen LogP contribution in [0, 0.1) is 0 Å². The molecule has 21 heavy (non-hydrogen) atoms. The molecule has 0 aromatic heterocycles. The van der Waals surface area contributed by atoms with E-state index >= 15 is 0 Å². The molecule has 1 aromatic carbocycles. The van der Waals surface area contributed by atoms with Gasteiger partial charge in [0.05, 0.1) is 6.61 Å². The minimum atomic E-state index is -4.32. The standard InChI is InChI=1S/C14H19ClF3NO2/c1-2-12(19)8-10-7-11(15)3-4-13(10)21-6-5-20-9-14(16,17)18/h3-4,7,12H,2,5-6,8-9,19H2,1H3. The van der Waals surface area contributed by atoms with Gasteiger partial charge in [-0.3, -0.25) is 0 Å². The SMILES string of the molecule is CCC(N)Cc1cc(Cl)ccc1OCCOCC(F)(F)F. The Hall–Kier alpha value is -0.980. The van der Waals surface area contributed by atoms with Gasteiger partial charge in [0.15, 0.2) is 0 Å². The maximum atomic E-state index is 11.9. The average Bonchev–Trinajstić information content (AvgIpc) is 2.39. The Morgan fingerprint density at radius 2 is 2.00 bits per heavy atom. The molecule has 0 fully saturated rings. The summed E-state index contributed by atoms with van der Waals surface area (Å²) in [4.78, 5) is 0. The summed E-state index contributed by atoms with van der Waals surface area (Å²) in [5, 5.41) is 0.564. The highest BCUT2D eigenvalue weighted by Crippen LogP contribution is 2.24. The van der Waals surface area contributed by atoms with Crippen LogP contribution in [0.25, 0.3) is 0 Å². The van der Waals surface area contributed by atoms with Crippen molar-refractivity contribution in [3.63, 3.8) is 0 Å². The Morgan fingerprint density at radius 3 is 2.62 bits per heavy atom. The fraction of sp³-hybridized carbons (Fsp3) is 0.571. The van der Waals surface area contributed by atoms with E-state index in [0.29, 0.717) is 17.2 Å². The molecule has 7 heteroatoms. The van der Waals surface area contributed by atoms with Gasteiger partial charge < -0.3 is 15.2 Å². The van der Waals surface area contributed by atoms with E-state index in [4.69, 9.17) is 22.1 Å². The average molecular weight is 326 g/mol. The van der Waals surface area contributed by atoms with Gasteiger partial charge >= 0.3 is 6.18 Å². The van der Waals surface area contributed by atoms with Gasteiger partial charge in [-0.05, 0) is 36.6 Å². The molecule has 0 saturated heterocycles. The van der Waals surface area contributed by atoms with Gasteiger partial charge in [-0.1, -0.05) is 18.5 Å². The van der Waals surface area contributed by atoms with Crippen LogP contribution in [0.15, 0.2) is 18.2 Å². The van der Waals surface area contributed by atoms with Crippen molar-refractivity contribution in [2.24, 2.45) is 5.73 Å². The third-order valence-corrected chi connectivity index (χ3v) is 3.02. The number of ether oxygens (including phenoxy) is 2. The van der Waals surface area contributed by atoms with Crippen molar-refractivity contribution < 1.29 is 22.6 Å². The summed E-state index contributed by atoms with van der Waals surface area (Å²) in [6, 6.07) is 5.08. The maximum absolute atomic E-state index is 11.9. The van der Waals surface area contributed by atoms with Crippen molar-refractivity contribution in [2.75, 3.05) is 19.8 Å². The van der Waals surface area contributed by atoms with Crippen molar-refractivity contribution in [1.82, 2.24) is 0 Å². The van der Waals surface area contributed by atoms with Crippen LogP contribution in [0.3, 0.4) is 0 Å². The third-order valence-electron chi connectivity index (χ3n) is 2.78. The fourth-order valence-electron chi connectivity index (χ4n) is 1.67. The van der Waals surface area contributed by atoms with Gasteiger partial charge in [0.1, 0.15) is 19.0 Å². The van der Waals surface area contributed by atoms with Gasteiger partial charge in [0.2, 0.25) is 0 Å². The Balaban J connectivity index is 2.50. The zero-order chi connectivity index (χ0) is 15.9. The second-order valence-electron chi connectivity index (χ2n) is 4.64. The third kappa shape index (κ3) is 7.55. The van der Waals surface area contributed by atoms with E-state index in [-0.39, 0.29) is 19.3 Å². The summed E-state index contributed by atoms with van der Waals surface area (Å²) in [5.41, 5.74) is 6.74. The molecule has 0 aliphatic heterocycles. The van der Waals surface area contributed by atoms with E-state index in [0.717, 1.165) is 12.0 Å². The number of nitrogens with two attached hydrogens (primary N) is 1. The van der Waals surface area contributed by atoms with E-state index in [1.807, 2.05) is 6.92 Å². The number of hydrogen-bond acceptors (Lipinski definition) is 3. The normalized spacial score (nSPS) is 13.2. The van der Waals surface area contributed by atoms with Crippen LogP contribution in [0.1, 0.15) is 18.9 Å². The van der Waals surface area contributed by atoms with Crippen LogP contribution in [0.5, 0.6) is 5.75 Å². The van der Waals surface area contributed by atoms with Crippen molar-refractivity contribution in [1.29, 1.82) is 0 Å².